The first-order valence-electron chi connectivity index (χ1n) is 12.6. The molecule has 1 aromatic carbocycles. The van der Waals surface area contributed by atoms with Gasteiger partial charge in [-0.25, -0.2) is 4.79 Å². The number of hydrogen-bond acceptors (Lipinski definition) is 6. The van der Waals surface area contributed by atoms with Gasteiger partial charge in [0.05, 0.1) is 12.6 Å². The van der Waals surface area contributed by atoms with E-state index in [0.29, 0.717) is 18.3 Å². The third-order valence-corrected chi connectivity index (χ3v) is 7.37. The smallest absolute Gasteiger partial charge is 0.300 e. The summed E-state index contributed by atoms with van der Waals surface area (Å²) in [6.07, 6.45) is 9.29. The normalized spacial score (nSPS) is 19.2. The van der Waals surface area contributed by atoms with E-state index < -0.39 is 0 Å². The first-order chi connectivity index (χ1) is 17.5. The number of aryl methyl sites for hydroxylation is 1. The molecule has 36 heavy (non-hydrogen) atoms. The number of imidazole rings is 1. The van der Waals surface area contributed by atoms with Gasteiger partial charge in [0.1, 0.15) is 5.78 Å². The minimum atomic E-state index is -0.0840. The number of unbranched alkanes of at least 4 members (excludes halogenated alkanes) is 1. The molecule has 0 aliphatic heterocycles. The van der Waals surface area contributed by atoms with E-state index in [9.17, 15) is 9.59 Å². The van der Waals surface area contributed by atoms with Gasteiger partial charge >= 0.3 is 5.69 Å². The number of rotatable bonds is 9. The first-order valence-corrected chi connectivity index (χ1v) is 12.6. The highest BCUT2D eigenvalue weighted by Crippen LogP contribution is 2.44. The number of Topliss-reactive ketones (excluding diaryl/α,β-unsaturated/α-hetero) is 1. The van der Waals surface area contributed by atoms with Gasteiger partial charge in [0.2, 0.25) is 5.82 Å². The molecule has 4 aromatic rings. The van der Waals surface area contributed by atoms with E-state index in [1.165, 1.54) is 0 Å². The molecule has 3 aromatic heterocycles. The van der Waals surface area contributed by atoms with Gasteiger partial charge in [-0.05, 0) is 60.1 Å². The van der Waals surface area contributed by atoms with Crippen LogP contribution in [0.2, 0.25) is 0 Å². The molecule has 1 aliphatic rings. The van der Waals surface area contributed by atoms with Crippen LogP contribution in [-0.2, 0) is 17.8 Å². The molecular weight excluding hydrogens is 454 g/mol. The summed E-state index contributed by atoms with van der Waals surface area (Å²) < 4.78 is 3.69. The average molecular weight is 486 g/mol. The Morgan fingerprint density at radius 3 is 2.61 bits per heavy atom. The Hall–Kier alpha value is -3.88. The molecule has 3 heterocycles. The predicted molar refractivity (Wildman–Crippen MR) is 136 cm³/mol. The second kappa shape index (κ2) is 10.0. The molecule has 0 bridgehead atoms. The molecule has 9 heteroatoms. The summed E-state index contributed by atoms with van der Waals surface area (Å²) in [5.74, 6) is 0.920. The Morgan fingerprint density at radius 2 is 1.94 bits per heavy atom. The van der Waals surface area contributed by atoms with Crippen LogP contribution in [-0.4, -0.2) is 40.5 Å². The molecule has 9 nitrogen and oxygen atoms in total. The molecule has 3 unspecified atom stereocenters. The van der Waals surface area contributed by atoms with Gasteiger partial charge in [0.15, 0.2) is 0 Å². The lowest BCUT2D eigenvalue weighted by molar-refractivity contribution is -0.127. The standard InChI is InChI=1S/C27H31N7O2/c1-4-5-6-22-16-34(25-17(2)13-24(25)18(3)35)27(36)33(22)15-21-14-28-12-11-23(21)19-7-9-20(10-8-19)26-29-31-32-30-26/h7-12,14,16-17,24-25H,4-6,13,15H2,1-3H3,(H,29,30,31,32). The average Bonchev–Trinajstić information content (AvgIpc) is 3.51. The molecule has 3 atom stereocenters. The lowest BCUT2D eigenvalue weighted by Gasteiger charge is -2.41. The van der Waals surface area contributed by atoms with Gasteiger partial charge in [-0.1, -0.05) is 44.5 Å². The Kier molecular flexibility index (Phi) is 6.63. The number of nitrogens with zero attached hydrogens (tertiary/aromatic N) is 6. The highest BCUT2D eigenvalue weighted by Gasteiger charge is 2.43. The van der Waals surface area contributed by atoms with E-state index in [1.54, 1.807) is 13.1 Å². The lowest BCUT2D eigenvalue weighted by atomic mass is 9.69. The molecule has 5 rings (SSSR count). The molecule has 0 amide bonds. The van der Waals surface area contributed by atoms with Crippen molar-refractivity contribution in [1.29, 1.82) is 0 Å². The summed E-state index contributed by atoms with van der Waals surface area (Å²) >= 11 is 0. The van der Waals surface area contributed by atoms with Crippen molar-refractivity contribution in [3.8, 4) is 22.5 Å². The molecule has 186 valence electrons. The van der Waals surface area contributed by atoms with Gasteiger partial charge in [-0.2, -0.15) is 5.21 Å². The zero-order chi connectivity index (χ0) is 25.2. The van der Waals surface area contributed by atoms with Crippen LogP contribution < -0.4 is 5.69 Å². The van der Waals surface area contributed by atoms with E-state index in [4.69, 9.17) is 0 Å². The maximum absolute atomic E-state index is 13.7. The van der Waals surface area contributed by atoms with Gasteiger partial charge in [-0.15, -0.1) is 10.2 Å². The topological polar surface area (TPSA) is 111 Å². The van der Waals surface area contributed by atoms with Crippen molar-refractivity contribution in [1.82, 2.24) is 34.7 Å². The first kappa shape index (κ1) is 23.8. The summed E-state index contributed by atoms with van der Waals surface area (Å²) in [5, 5.41) is 14.2. The monoisotopic (exact) mass is 485 g/mol. The second-order valence-corrected chi connectivity index (χ2v) is 9.77. The number of hydrogen-bond donors (Lipinski definition) is 1. The molecule has 1 aliphatic carbocycles. The number of pyridine rings is 1. The minimum absolute atomic E-state index is 0.0499. The van der Waals surface area contributed by atoms with Crippen molar-refractivity contribution in [3.63, 3.8) is 0 Å². The van der Waals surface area contributed by atoms with E-state index in [0.717, 1.165) is 53.6 Å². The van der Waals surface area contributed by atoms with Crippen LogP contribution in [0.5, 0.6) is 0 Å². The van der Waals surface area contributed by atoms with Gasteiger partial charge in [-0.3, -0.25) is 18.9 Å². The molecule has 1 saturated carbocycles. The van der Waals surface area contributed by atoms with Crippen LogP contribution in [0.25, 0.3) is 22.5 Å². The fourth-order valence-corrected chi connectivity index (χ4v) is 5.33. The molecule has 0 spiro atoms. The summed E-state index contributed by atoms with van der Waals surface area (Å²) in [4.78, 5) is 30.2. The Labute approximate surface area is 209 Å². The van der Waals surface area contributed by atoms with Crippen molar-refractivity contribution in [2.75, 3.05) is 0 Å². The third-order valence-electron chi connectivity index (χ3n) is 7.37. The van der Waals surface area contributed by atoms with Gasteiger partial charge in [0, 0.05) is 35.8 Å². The number of H-pyrrole nitrogens is 1. The molecule has 0 radical (unpaired) electrons. The summed E-state index contributed by atoms with van der Waals surface area (Å²) in [5.41, 5.74) is 4.83. The Bertz CT molecular complexity index is 1400. The maximum atomic E-state index is 13.7. The molecule has 0 saturated heterocycles. The van der Waals surface area contributed by atoms with Crippen LogP contribution in [0.1, 0.15) is 57.3 Å². The summed E-state index contributed by atoms with van der Waals surface area (Å²) in [6, 6.07) is 9.86. The van der Waals surface area contributed by atoms with Crippen LogP contribution in [0.15, 0.2) is 53.7 Å². The zero-order valence-electron chi connectivity index (χ0n) is 20.9. The van der Waals surface area contributed by atoms with E-state index in [-0.39, 0.29) is 23.4 Å². The van der Waals surface area contributed by atoms with E-state index >= 15 is 0 Å². The number of nitrogens with one attached hydrogen (secondary N) is 1. The third kappa shape index (κ3) is 4.41. The Morgan fingerprint density at radius 1 is 1.17 bits per heavy atom. The van der Waals surface area contributed by atoms with Gasteiger partial charge < -0.3 is 0 Å². The number of tetrazole rings is 1. The maximum Gasteiger partial charge on any atom is 0.328 e. The highest BCUT2D eigenvalue weighted by atomic mass is 16.2. The second-order valence-electron chi connectivity index (χ2n) is 9.77. The van der Waals surface area contributed by atoms with Crippen LogP contribution in [0.3, 0.4) is 0 Å². The number of benzene rings is 1. The largest absolute Gasteiger partial charge is 0.328 e. The van der Waals surface area contributed by atoms with E-state index in [2.05, 4.69) is 39.5 Å². The summed E-state index contributed by atoms with van der Waals surface area (Å²) in [6.45, 7) is 6.33. The van der Waals surface area contributed by atoms with Crippen LogP contribution in [0, 0.1) is 11.8 Å². The number of ketones is 1. The van der Waals surface area contributed by atoms with Crippen LogP contribution in [0.4, 0.5) is 0 Å². The van der Waals surface area contributed by atoms with Gasteiger partial charge in [0.25, 0.3) is 0 Å². The number of aromatic amines is 1. The fourth-order valence-electron chi connectivity index (χ4n) is 5.33. The lowest BCUT2D eigenvalue weighted by Crippen LogP contribution is -2.44. The van der Waals surface area contributed by atoms with Crippen molar-refractivity contribution in [2.24, 2.45) is 11.8 Å². The SMILES string of the molecule is CCCCc1cn(C2C(C)CC2C(C)=O)c(=O)n1Cc1cnccc1-c1ccc(-c2nn[nH]n2)cc1. The molecule has 1 N–H and O–H groups in total. The van der Waals surface area contributed by atoms with E-state index in [1.807, 2.05) is 51.9 Å². The zero-order valence-corrected chi connectivity index (χ0v) is 20.9. The highest BCUT2D eigenvalue weighted by molar-refractivity contribution is 5.80. The quantitative estimate of drug-likeness (QED) is 0.383. The predicted octanol–water partition coefficient (Wildman–Crippen LogP) is 4.07. The Balaban J connectivity index is 1.50. The summed E-state index contributed by atoms with van der Waals surface area (Å²) in [7, 11) is 0. The fraction of sp³-hybridized carbons (Fsp3) is 0.407. The molecule has 1 fully saturated rings. The van der Waals surface area contributed by atoms with Crippen molar-refractivity contribution >= 4 is 5.78 Å². The molecular formula is C27H31N7O2. The van der Waals surface area contributed by atoms with Crippen molar-refractivity contribution < 1.29 is 4.79 Å². The van der Waals surface area contributed by atoms with Crippen molar-refractivity contribution in [2.45, 2.75) is 59.0 Å². The number of carbonyl (C=O) groups excluding carboxylic acids is 1. The number of carbonyl (C=O) groups is 1. The van der Waals surface area contributed by atoms with Crippen LogP contribution >= 0.6 is 0 Å². The van der Waals surface area contributed by atoms with Crippen molar-refractivity contribution in [3.05, 3.63) is 70.7 Å². The number of aromatic nitrogens is 7. The minimum Gasteiger partial charge on any atom is -0.300 e.